The number of nitrogens with zero attached hydrogens (tertiary/aromatic N) is 3. The molecule has 1 aliphatic heterocycles. The molecule has 0 aliphatic carbocycles. The second-order valence-corrected chi connectivity index (χ2v) is 7.40. The third kappa shape index (κ3) is 1.93. The molecule has 0 unspecified atom stereocenters. The van der Waals surface area contributed by atoms with E-state index in [-0.39, 0.29) is 0 Å². The normalized spacial score (nSPS) is 17.6. The lowest BCUT2D eigenvalue weighted by atomic mass is 10.2. The van der Waals surface area contributed by atoms with Crippen molar-refractivity contribution in [2.45, 2.75) is 13.8 Å². The molecule has 2 aromatic rings. The first kappa shape index (κ1) is 12.0. The van der Waals surface area contributed by atoms with Crippen molar-refractivity contribution >= 4 is 38.2 Å². The highest BCUT2D eigenvalue weighted by atomic mass is 32.2. The topological polar surface area (TPSA) is 46.1 Å². The SMILES string of the molecule is Cc1sc2ncnc(N3CCS(=O)CC3)c2c1C. The molecule has 0 bridgehead atoms. The fraction of sp³-hybridized carbons (Fsp3) is 0.500. The van der Waals surface area contributed by atoms with Crippen LogP contribution in [0.4, 0.5) is 5.82 Å². The fourth-order valence-electron chi connectivity index (χ4n) is 2.25. The van der Waals surface area contributed by atoms with E-state index >= 15 is 0 Å². The minimum atomic E-state index is -0.651. The van der Waals surface area contributed by atoms with E-state index in [1.165, 1.54) is 15.8 Å². The summed E-state index contributed by atoms with van der Waals surface area (Å²) in [6.45, 7) is 5.90. The zero-order chi connectivity index (χ0) is 12.7. The summed E-state index contributed by atoms with van der Waals surface area (Å²) in [5.41, 5.74) is 1.28. The van der Waals surface area contributed by atoms with Crippen LogP contribution in [0, 0.1) is 13.8 Å². The van der Waals surface area contributed by atoms with Crippen LogP contribution in [0.5, 0.6) is 0 Å². The summed E-state index contributed by atoms with van der Waals surface area (Å²) >= 11 is 1.72. The van der Waals surface area contributed by atoms with Crippen LogP contribution >= 0.6 is 11.3 Å². The molecule has 2 aromatic heterocycles. The summed E-state index contributed by atoms with van der Waals surface area (Å²) < 4.78 is 11.4. The lowest BCUT2D eigenvalue weighted by Gasteiger charge is -2.27. The smallest absolute Gasteiger partial charge is 0.141 e. The van der Waals surface area contributed by atoms with Crippen molar-refractivity contribution in [2.75, 3.05) is 29.5 Å². The first-order valence-electron chi connectivity index (χ1n) is 5.97. The lowest BCUT2D eigenvalue weighted by Crippen LogP contribution is -2.38. The number of hydrogen-bond acceptors (Lipinski definition) is 5. The lowest BCUT2D eigenvalue weighted by molar-refractivity contribution is 0.672. The van der Waals surface area contributed by atoms with Crippen LogP contribution in [-0.4, -0.2) is 38.8 Å². The summed E-state index contributed by atoms with van der Waals surface area (Å²) in [6, 6.07) is 0. The van der Waals surface area contributed by atoms with Gasteiger partial charge in [0, 0.05) is 40.3 Å². The van der Waals surface area contributed by atoms with Gasteiger partial charge in [0.05, 0.1) is 5.39 Å². The van der Waals surface area contributed by atoms with Crippen molar-refractivity contribution in [1.82, 2.24) is 9.97 Å². The van der Waals surface area contributed by atoms with E-state index in [1.807, 2.05) is 0 Å². The average molecular weight is 281 g/mol. The molecular weight excluding hydrogens is 266 g/mol. The van der Waals surface area contributed by atoms with Crippen LogP contribution < -0.4 is 4.90 Å². The molecule has 0 aromatic carbocycles. The molecule has 0 saturated carbocycles. The Hall–Kier alpha value is -1.01. The summed E-state index contributed by atoms with van der Waals surface area (Å²) in [5, 5.41) is 1.17. The number of aryl methyl sites for hydroxylation is 2. The van der Waals surface area contributed by atoms with E-state index in [0.717, 1.165) is 35.2 Å². The van der Waals surface area contributed by atoms with Crippen molar-refractivity contribution in [1.29, 1.82) is 0 Å². The minimum Gasteiger partial charge on any atom is -0.354 e. The third-order valence-electron chi connectivity index (χ3n) is 3.42. The molecule has 0 N–H and O–H groups in total. The van der Waals surface area contributed by atoms with E-state index in [9.17, 15) is 4.21 Å². The van der Waals surface area contributed by atoms with E-state index in [4.69, 9.17) is 0 Å². The maximum Gasteiger partial charge on any atom is 0.141 e. The van der Waals surface area contributed by atoms with E-state index < -0.39 is 10.8 Å². The van der Waals surface area contributed by atoms with Crippen molar-refractivity contribution in [3.05, 3.63) is 16.8 Å². The van der Waals surface area contributed by atoms with Gasteiger partial charge in [0.15, 0.2) is 0 Å². The van der Waals surface area contributed by atoms with Gasteiger partial charge in [-0.2, -0.15) is 0 Å². The molecule has 1 saturated heterocycles. The highest BCUT2D eigenvalue weighted by Gasteiger charge is 2.21. The van der Waals surface area contributed by atoms with E-state index in [0.29, 0.717) is 0 Å². The highest BCUT2D eigenvalue weighted by molar-refractivity contribution is 7.85. The number of thiophene rings is 1. The Bertz CT molecular complexity index is 613. The summed E-state index contributed by atoms with van der Waals surface area (Å²) in [4.78, 5) is 13.4. The van der Waals surface area contributed by atoms with Crippen LogP contribution in [0.25, 0.3) is 10.2 Å². The van der Waals surface area contributed by atoms with Crippen LogP contribution in [0.1, 0.15) is 10.4 Å². The Morgan fingerprint density at radius 1 is 1.28 bits per heavy atom. The number of aromatic nitrogens is 2. The van der Waals surface area contributed by atoms with Gasteiger partial charge in [0.1, 0.15) is 17.0 Å². The molecule has 96 valence electrons. The van der Waals surface area contributed by atoms with Crippen molar-refractivity contribution in [3.8, 4) is 0 Å². The van der Waals surface area contributed by atoms with Crippen molar-refractivity contribution in [2.24, 2.45) is 0 Å². The standard InChI is InChI=1S/C12H15N3OS2/c1-8-9(2)17-12-10(8)11(13-7-14-12)15-3-5-18(16)6-4-15/h7H,3-6H2,1-2H3. The van der Waals surface area contributed by atoms with E-state index in [1.54, 1.807) is 17.7 Å². The Labute approximate surface area is 113 Å². The molecule has 4 nitrogen and oxygen atoms in total. The molecule has 6 heteroatoms. The molecule has 0 atom stereocenters. The Balaban J connectivity index is 2.08. The largest absolute Gasteiger partial charge is 0.354 e. The Kier molecular flexibility index (Phi) is 3.07. The molecule has 18 heavy (non-hydrogen) atoms. The average Bonchev–Trinajstić information content (AvgIpc) is 2.66. The van der Waals surface area contributed by atoms with Gasteiger partial charge < -0.3 is 4.90 Å². The number of fused-ring (bicyclic) bond motifs is 1. The molecule has 0 amide bonds. The maximum absolute atomic E-state index is 11.4. The highest BCUT2D eigenvalue weighted by Crippen LogP contribution is 2.34. The van der Waals surface area contributed by atoms with Crippen molar-refractivity contribution in [3.63, 3.8) is 0 Å². The molecular formula is C12H15N3OS2. The monoisotopic (exact) mass is 281 g/mol. The van der Waals surface area contributed by atoms with Crippen LogP contribution in [-0.2, 0) is 10.8 Å². The second-order valence-electron chi connectivity index (χ2n) is 4.50. The molecule has 1 aliphatic rings. The molecule has 3 heterocycles. The van der Waals surface area contributed by atoms with Gasteiger partial charge in [0.25, 0.3) is 0 Å². The quantitative estimate of drug-likeness (QED) is 0.800. The number of hydrogen-bond donors (Lipinski definition) is 0. The zero-order valence-electron chi connectivity index (χ0n) is 10.5. The van der Waals surface area contributed by atoms with Gasteiger partial charge in [-0.1, -0.05) is 0 Å². The molecule has 3 rings (SSSR count). The predicted octanol–water partition coefficient (Wildman–Crippen LogP) is 1.88. The Morgan fingerprint density at radius 2 is 2.00 bits per heavy atom. The van der Waals surface area contributed by atoms with Gasteiger partial charge in [-0.25, -0.2) is 9.97 Å². The summed E-state index contributed by atoms with van der Waals surface area (Å²) in [7, 11) is -0.651. The Morgan fingerprint density at radius 3 is 2.72 bits per heavy atom. The first-order valence-corrected chi connectivity index (χ1v) is 8.28. The van der Waals surface area contributed by atoms with Gasteiger partial charge in [-0.05, 0) is 19.4 Å². The van der Waals surface area contributed by atoms with Gasteiger partial charge in [0.2, 0.25) is 0 Å². The molecule has 0 radical (unpaired) electrons. The van der Waals surface area contributed by atoms with Gasteiger partial charge in [-0.3, -0.25) is 4.21 Å². The fourth-order valence-corrected chi connectivity index (χ4v) is 4.30. The van der Waals surface area contributed by atoms with Crippen LogP contribution in [0.2, 0.25) is 0 Å². The second kappa shape index (κ2) is 4.59. The van der Waals surface area contributed by atoms with Crippen LogP contribution in [0.3, 0.4) is 0 Å². The van der Waals surface area contributed by atoms with Gasteiger partial charge in [-0.15, -0.1) is 11.3 Å². The summed E-state index contributed by atoms with van der Waals surface area (Å²) in [6.07, 6.45) is 1.64. The summed E-state index contributed by atoms with van der Waals surface area (Å²) in [5.74, 6) is 2.50. The van der Waals surface area contributed by atoms with Crippen LogP contribution in [0.15, 0.2) is 6.33 Å². The van der Waals surface area contributed by atoms with E-state index in [2.05, 4.69) is 28.7 Å². The number of rotatable bonds is 1. The van der Waals surface area contributed by atoms with Gasteiger partial charge >= 0.3 is 0 Å². The zero-order valence-corrected chi connectivity index (χ0v) is 12.1. The number of anilines is 1. The molecule has 1 fully saturated rings. The minimum absolute atomic E-state index is 0.651. The van der Waals surface area contributed by atoms with Crippen molar-refractivity contribution < 1.29 is 4.21 Å². The first-order chi connectivity index (χ1) is 8.66. The molecule has 0 spiro atoms. The predicted molar refractivity (Wildman–Crippen MR) is 77.0 cm³/mol. The third-order valence-corrected chi connectivity index (χ3v) is 5.81. The maximum atomic E-state index is 11.4.